The highest BCUT2D eigenvalue weighted by atomic mass is 16.3. The van der Waals surface area contributed by atoms with E-state index < -0.39 is 0 Å². The quantitative estimate of drug-likeness (QED) is 0.852. The molecule has 0 saturated heterocycles. The summed E-state index contributed by atoms with van der Waals surface area (Å²) in [6.45, 7) is 0.355. The van der Waals surface area contributed by atoms with Gasteiger partial charge >= 0.3 is 0 Å². The van der Waals surface area contributed by atoms with Crippen molar-refractivity contribution in [3.63, 3.8) is 0 Å². The molecule has 1 aromatic rings. The average Bonchev–Trinajstić information content (AvgIpc) is 2.92. The molecule has 3 rings (SSSR count). The number of hydrogen-bond donors (Lipinski definition) is 2. The molecule has 1 atom stereocenters. The Morgan fingerprint density at radius 2 is 2.11 bits per heavy atom. The molecule has 2 aliphatic carbocycles. The summed E-state index contributed by atoms with van der Waals surface area (Å²) in [7, 11) is 0. The van der Waals surface area contributed by atoms with Crippen LogP contribution in [0.25, 0.3) is 0 Å². The largest absolute Gasteiger partial charge is 0.388 e. The van der Waals surface area contributed by atoms with Gasteiger partial charge in [-0.05, 0) is 43.2 Å². The second-order valence-electron chi connectivity index (χ2n) is 5.95. The van der Waals surface area contributed by atoms with Crippen molar-refractivity contribution in [1.29, 1.82) is 0 Å². The van der Waals surface area contributed by atoms with Gasteiger partial charge in [-0.25, -0.2) is 0 Å². The monoisotopic (exact) mass is 262 g/mol. The number of aliphatic hydroxyl groups is 1. The number of carbonyl (C=O) groups excluding carboxylic acids is 1. The van der Waals surface area contributed by atoms with Gasteiger partial charge < -0.3 is 15.0 Å². The van der Waals surface area contributed by atoms with Crippen LogP contribution in [0.3, 0.4) is 0 Å². The zero-order valence-corrected chi connectivity index (χ0v) is 11.2. The fourth-order valence-electron chi connectivity index (χ4n) is 2.93. The molecular weight excluding hydrogens is 240 g/mol. The minimum Gasteiger partial charge on any atom is -0.388 e. The highest BCUT2D eigenvalue weighted by molar-refractivity contribution is 5.76. The molecule has 0 aliphatic heterocycles. The van der Waals surface area contributed by atoms with Crippen molar-refractivity contribution in [2.45, 2.75) is 57.2 Å². The van der Waals surface area contributed by atoms with Gasteiger partial charge in [-0.3, -0.25) is 4.79 Å². The Hall–Kier alpha value is -1.29. The lowest BCUT2D eigenvalue weighted by atomic mass is 10.1. The third-order valence-electron chi connectivity index (χ3n) is 4.23. The van der Waals surface area contributed by atoms with Gasteiger partial charge in [0.05, 0.1) is 6.10 Å². The summed E-state index contributed by atoms with van der Waals surface area (Å²) in [5, 5.41) is 13.1. The first-order valence-corrected chi connectivity index (χ1v) is 7.35. The van der Waals surface area contributed by atoms with Crippen LogP contribution in [0, 0.1) is 5.92 Å². The first-order valence-electron chi connectivity index (χ1n) is 7.35. The Morgan fingerprint density at radius 3 is 2.79 bits per heavy atom. The van der Waals surface area contributed by atoms with Crippen molar-refractivity contribution in [3.05, 3.63) is 24.0 Å². The molecule has 1 aromatic heterocycles. The minimum absolute atomic E-state index is 0.0787. The van der Waals surface area contributed by atoms with E-state index in [0.717, 1.165) is 31.2 Å². The third kappa shape index (κ3) is 3.18. The standard InChI is InChI=1S/C15H22N2O2/c18-14(16-13-3-1-2-4-13)10-17-8-7-12(9-17)15(19)11-5-6-11/h7-9,11,13,15,19H,1-6,10H2,(H,16,18). The Balaban J connectivity index is 1.52. The first kappa shape index (κ1) is 12.7. The van der Waals surface area contributed by atoms with E-state index in [2.05, 4.69) is 5.32 Å². The van der Waals surface area contributed by atoms with E-state index >= 15 is 0 Å². The van der Waals surface area contributed by atoms with Crippen molar-refractivity contribution < 1.29 is 9.90 Å². The van der Waals surface area contributed by atoms with E-state index in [9.17, 15) is 9.90 Å². The smallest absolute Gasteiger partial charge is 0.240 e. The molecule has 2 fully saturated rings. The molecule has 0 aromatic carbocycles. The molecule has 1 unspecified atom stereocenters. The van der Waals surface area contributed by atoms with Gasteiger partial charge in [0.1, 0.15) is 6.54 Å². The summed E-state index contributed by atoms with van der Waals surface area (Å²) in [6.07, 6.45) is 10.4. The molecule has 1 heterocycles. The molecule has 2 aliphatic rings. The number of hydrogen-bond acceptors (Lipinski definition) is 2. The molecule has 0 bridgehead atoms. The van der Waals surface area contributed by atoms with Crippen LogP contribution in [0.1, 0.15) is 50.2 Å². The van der Waals surface area contributed by atoms with Crippen LogP contribution in [0.4, 0.5) is 0 Å². The van der Waals surface area contributed by atoms with Crippen molar-refractivity contribution in [2.24, 2.45) is 5.92 Å². The molecule has 0 radical (unpaired) electrons. The second-order valence-corrected chi connectivity index (χ2v) is 5.95. The van der Waals surface area contributed by atoms with Gasteiger partial charge in [0, 0.05) is 18.4 Å². The lowest BCUT2D eigenvalue weighted by Crippen LogP contribution is -2.34. The Morgan fingerprint density at radius 1 is 1.37 bits per heavy atom. The van der Waals surface area contributed by atoms with Crippen LogP contribution in [0.15, 0.2) is 18.5 Å². The average molecular weight is 262 g/mol. The van der Waals surface area contributed by atoms with Gasteiger partial charge in [0.25, 0.3) is 0 Å². The summed E-state index contributed by atoms with van der Waals surface area (Å²) < 4.78 is 1.87. The summed E-state index contributed by atoms with van der Waals surface area (Å²) in [5.74, 6) is 0.512. The highest BCUT2D eigenvalue weighted by Crippen LogP contribution is 2.40. The van der Waals surface area contributed by atoms with Gasteiger partial charge in [0.2, 0.25) is 5.91 Å². The Kier molecular flexibility index (Phi) is 3.60. The molecule has 0 spiro atoms. The predicted molar refractivity (Wildman–Crippen MR) is 72.5 cm³/mol. The van der Waals surface area contributed by atoms with Crippen LogP contribution < -0.4 is 5.32 Å². The van der Waals surface area contributed by atoms with Gasteiger partial charge in [-0.1, -0.05) is 12.8 Å². The number of nitrogens with zero attached hydrogens (tertiary/aromatic N) is 1. The van der Waals surface area contributed by atoms with Crippen LogP contribution in [-0.2, 0) is 11.3 Å². The lowest BCUT2D eigenvalue weighted by molar-refractivity contribution is -0.122. The third-order valence-corrected chi connectivity index (χ3v) is 4.23. The molecule has 4 heteroatoms. The van der Waals surface area contributed by atoms with Crippen LogP contribution >= 0.6 is 0 Å². The number of rotatable bonds is 5. The fraction of sp³-hybridized carbons (Fsp3) is 0.667. The van der Waals surface area contributed by atoms with Crippen molar-refractivity contribution in [1.82, 2.24) is 9.88 Å². The normalized spacial score (nSPS) is 21.5. The molecule has 104 valence electrons. The number of aliphatic hydroxyl groups excluding tert-OH is 1. The molecule has 19 heavy (non-hydrogen) atoms. The Labute approximate surface area is 113 Å². The molecular formula is C15H22N2O2. The Bertz CT molecular complexity index is 445. The molecule has 2 saturated carbocycles. The van der Waals surface area contributed by atoms with Gasteiger partial charge in [0.15, 0.2) is 0 Å². The molecule has 4 nitrogen and oxygen atoms in total. The molecule has 1 amide bonds. The van der Waals surface area contributed by atoms with E-state index in [1.807, 2.05) is 23.0 Å². The van der Waals surface area contributed by atoms with Crippen LogP contribution in [0.5, 0.6) is 0 Å². The van der Waals surface area contributed by atoms with Gasteiger partial charge in [-0.15, -0.1) is 0 Å². The number of carbonyl (C=O) groups is 1. The maximum Gasteiger partial charge on any atom is 0.240 e. The fourth-order valence-corrected chi connectivity index (χ4v) is 2.93. The maximum absolute atomic E-state index is 11.9. The van der Waals surface area contributed by atoms with Crippen molar-refractivity contribution >= 4 is 5.91 Å². The van der Waals surface area contributed by atoms with E-state index in [-0.39, 0.29) is 12.0 Å². The van der Waals surface area contributed by atoms with Crippen LogP contribution in [0.2, 0.25) is 0 Å². The molecule has 2 N–H and O–H groups in total. The number of amides is 1. The van der Waals surface area contributed by atoms with Crippen molar-refractivity contribution in [2.75, 3.05) is 0 Å². The summed E-state index contributed by atoms with van der Waals surface area (Å²) >= 11 is 0. The number of nitrogens with one attached hydrogen (secondary N) is 1. The SMILES string of the molecule is O=C(Cn1ccc(C(O)C2CC2)c1)NC1CCCC1. The summed E-state index contributed by atoms with van der Waals surface area (Å²) in [4.78, 5) is 11.9. The zero-order valence-electron chi connectivity index (χ0n) is 11.2. The lowest BCUT2D eigenvalue weighted by Gasteiger charge is -2.12. The minimum atomic E-state index is -0.348. The predicted octanol–water partition coefficient (Wildman–Crippen LogP) is 1.99. The highest BCUT2D eigenvalue weighted by Gasteiger charge is 2.31. The van der Waals surface area contributed by atoms with E-state index in [4.69, 9.17) is 0 Å². The summed E-state index contributed by atoms with van der Waals surface area (Å²) in [6, 6.07) is 2.30. The first-order chi connectivity index (χ1) is 9.22. The van der Waals surface area contributed by atoms with E-state index in [1.165, 1.54) is 12.8 Å². The van der Waals surface area contributed by atoms with E-state index in [1.54, 1.807) is 0 Å². The topological polar surface area (TPSA) is 54.3 Å². The van der Waals surface area contributed by atoms with Crippen LogP contribution in [-0.4, -0.2) is 21.6 Å². The van der Waals surface area contributed by atoms with E-state index in [0.29, 0.717) is 18.5 Å². The maximum atomic E-state index is 11.9. The zero-order chi connectivity index (χ0) is 13.2. The second kappa shape index (κ2) is 5.37. The summed E-state index contributed by atoms with van der Waals surface area (Å²) in [5.41, 5.74) is 0.941. The van der Waals surface area contributed by atoms with Crippen molar-refractivity contribution in [3.8, 4) is 0 Å². The van der Waals surface area contributed by atoms with Gasteiger partial charge in [-0.2, -0.15) is 0 Å². The number of aromatic nitrogens is 1.